The molecule has 0 radical (unpaired) electrons. The second kappa shape index (κ2) is 3.74. The number of rotatable bonds is 3. The first-order valence-electron chi connectivity index (χ1n) is 5.32. The van der Waals surface area contributed by atoms with Crippen molar-refractivity contribution in [2.24, 2.45) is 11.1 Å². The predicted molar refractivity (Wildman–Crippen MR) is 59.0 cm³/mol. The first-order chi connectivity index (χ1) is 6.69. The van der Waals surface area contributed by atoms with Crippen molar-refractivity contribution in [3.63, 3.8) is 0 Å². The summed E-state index contributed by atoms with van der Waals surface area (Å²) < 4.78 is 0. The van der Waals surface area contributed by atoms with E-state index in [1.165, 1.54) is 0 Å². The molecule has 80 valence electrons. The van der Waals surface area contributed by atoms with Gasteiger partial charge in [-0.05, 0) is 24.7 Å². The summed E-state index contributed by atoms with van der Waals surface area (Å²) in [5.41, 5.74) is 6.20. The Hall–Kier alpha value is -0.220. The number of amides is 1. The molecule has 0 aromatic rings. The van der Waals surface area contributed by atoms with Crippen LogP contribution in [0.4, 0.5) is 0 Å². The molecular formula is C10H18N2OS. The van der Waals surface area contributed by atoms with Crippen LogP contribution in [0.15, 0.2) is 0 Å². The second-order valence-electron chi connectivity index (χ2n) is 4.33. The zero-order valence-corrected chi connectivity index (χ0v) is 9.48. The lowest BCUT2D eigenvalue weighted by molar-refractivity contribution is -0.132. The standard InChI is InChI=1S/C10H18N2OS/c1-2-10(3-4-10)8(11)9(13)12-5-6-14-7-12/h8H,2-7,11H2,1H3/t8-/m1/s1. The van der Waals surface area contributed by atoms with E-state index in [2.05, 4.69) is 6.92 Å². The van der Waals surface area contributed by atoms with Gasteiger partial charge in [0.2, 0.25) is 5.91 Å². The smallest absolute Gasteiger partial charge is 0.240 e. The first-order valence-corrected chi connectivity index (χ1v) is 6.47. The number of hydrogen-bond donors (Lipinski definition) is 1. The Labute approximate surface area is 89.4 Å². The minimum absolute atomic E-state index is 0.157. The van der Waals surface area contributed by atoms with Gasteiger partial charge in [0, 0.05) is 12.3 Å². The summed E-state index contributed by atoms with van der Waals surface area (Å²) in [6, 6.07) is -0.244. The van der Waals surface area contributed by atoms with Crippen LogP contribution in [0.1, 0.15) is 26.2 Å². The van der Waals surface area contributed by atoms with Crippen molar-refractivity contribution < 1.29 is 4.79 Å². The van der Waals surface area contributed by atoms with Crippen molar-refractivity contribution in [3.05, 3.63) is 0 Å². The van der Waals surface area contributed by atoms with E-state index < -0.39 is 0 Å². The van der Waals surface area contributed by atoms with E-state index >= 15 is 0 Å². The summed E-state index contributed by atoms with van der Waals surface area (Å²) in [5.74, 6) is 2.08. The Bertz CT molecular complexity index is 234. The highest BCUT2D eigenvalue weighted by Gasteiger charge is 2.50. The van der Waals surface area contributed by atoms with Gasteiger partial charge in [0.05, 0.1) is 11.9 Å². The molecule has 0 spiro atoms. The number of carbonyl (C=O) groups is 1. The number of thioether (sulfide) groups is 1. The summed E-state index contributed by atoms with van der Waals surface area (Å²) in [5, 5.41) is 0. The van der Waals surface area contributed by atoms with Gasteiger partial charge < -0.3 is 10.6 Å². The van der Waals surface area contributed by atoms with Crippen LogP contribution in [0.2, 0.25) is 0 Å². The quantitative estimate of drug-likeness (QED) is 0.763. The lowest BCUT2D eigenvalue weighted by atomic mass is 9.93. The summed E-state index contributed by atoms with van der Waals surface area (Å²) in [7, 11) is 0. The fraction of sp³-hybridized carbons (Fsp3) is 0.900. The number of nitrogens with two attached hydrogens (primary N) is 1. The molecule has 1 atom stereocenters. The maximum atomic E-state index is 12.0. The van der Waals surface area contributed by atoms with Crippen LogP contribution >= 0.6 is 11.8 Å². The molecule has 1 heterocycles. The zero-order valence-electron chi connectivity index (χ0n) is 8.66. The third kappa shape index (κ3) is 1.65. The molecule has 3 nitrogen and oxygen atoms in total. The van der Waals surface area contributed by atoms with Crippen LogP contribution in [0, 0.1) is 5.41 Å². The molecule has 2 aliphatic rings. The Morgan fingerprint density at radius 2 is 2.36 bits per heavy atom. The van der Waals surface area contributed by atoms with Gasteiger partial charge in [-0.1, -0.05) is 6.92 Å². The molecule has 0 bridgehead atoms. The van der Waals surface area contributed by atoms with Crippen molar-refractivity contribution in [1.82, 2.24) is 4.90 Å². The second-order valence-corrected chi connectivity index (χ2v) is 5.41. The molecule has 2 N–H and O–H groups in total. The van der Waals surface area contributed by atoms with E-state index in [0.717, 1.165) is 37.4 Å². The molecule has 2 fully saturated rings. The van der Waals surface area contributed by atoms with E-state index in [1.54, 1.807) is 0 Å². The number of carbonyl (C=O) groups excluding carboxylic acids is 1. The molecule has 14 heavy (non-hydrogen) atoms. The van der Waals surface area contributed by atoms with Crippen molar-refractivity contribution in [2.75, 3.05) is 18.2 Å². The molecule has 0 aromatic heterocycles. The molecule has 1 saturated carbocycles. The Balaban J connectivity index is 1.96. The summed E-state index contributed by atoms with van der Waals surface area (Å²) in [6.07, 6.45) is 3.32. The van der Waals surface area contributed by atoms with Crippen LogP contribution < -0.4 is 5.73 Å². The monoisotopic (exact) mass is 214 g/mol. The fourth-order valence-corrected chi connectivity index (χ4v) is 3.05. The summed E-state index contributed by atoms with van der Waals surface area (Å²) in [6.45, 7) is 3.02. The van der Waals surface area contributed by atoms with Crippen molar-refractivity contribution in [2.45, 2.75) is 32.2 Å². The van der Waals surface area contributed by atoms with E-state index in [9.17, 15) is 4.79 Å². The molecule has 4 heteroatoms. The van der Waals surface area contributed by atoms with Crippen LogP contribution in [0.25, 0.3) is 0 Å². The summed E-state index contributed by atoms with van der Waals surface area (Å²) >= 11 is 1.82. The highest BCUT2D eigenvalue weighted by molar-refractivity contribution is 7.99. The third-order valence-electron chi connectivity index (χ3n) is 3.59. The molecule has 1 aliphatic heterocycles. The van der Waals surface area contributed by atoms with E-state index in [-0.39, 0.29) is 17.4 Å². The zero-order chi connectivity index (χ0) is 10.2. The third-order valence-corrected chi connectivity index (χ3v) is 4.55. The topological polar surface area (TPSA) is 46.3 Å². The Morgan fingerprint density at radius 3 is 2.79 bits per heavy atom. The molecule has 1 saturated heterocycles. The van der Waals surface area contributed by atoms with E-state index in [1.807, 2.05) is 16.7 Å². The average molecular weight is 214 g/mol. The first kappa shape index (κ1) is 10.3. The van der Waals surface area contributed by atoms with Gasteiger partial charge in [0.15, 0.2) is 0 Å². The maximum Gasteiger partial charge on any atom is 0.240 e. The Kier molecular flexibility index (Phi) is 2.75. The van der Waals surface area contributed by atoms with Crippen molar-refractivity contribution >= 4 is 17.7 Å². The molecule has 0 aromatic carbocycles. The largest absolute Gasteiger partial charge is 0.331 e. The average Bonchev–Trinajstić information content (AvgIpc) is 2.82. The van der Waals surface area contributed by atoms with Gasteiger partial charge in [-0.3, -0.25) is 4.79 Å². The minimum atomic E-state index is -0.244. The highest BCUT2D eigenvalue weighted by Crippen LogP contribution is 2.51. The minimum Gasteiger partial charge on any atom is -0.331 e. The molecule has 1 amide bonds. The van der Waals surface area contributed by atoms with Crippen LogP contribution in [0.5, 0.6) is 0 Å². The van der Waals surface area contributed by atoms with Gasteiger partial charge in [-0.15, -0.1) is 11.8 Å². The predicted octanol–water partition coefficient (Wildman–Crippen LogP) is 1.04. The normalized spacial score (nSPS) is 26.3. The van der Waals surface area contributed by atoms with E-state index in [4.69, 9.17) is 5.73 Å². The van der Waals surface area contributed by atoms with Crippen molar-refractivity contribution in [3.8, 4) is 0 Å². The van der Waals surface area contributed by atoms with Gasteiger partial charge in [-0.25, -0.2) is 0 Å². The lowest BCUT2D eigenvalue weighted by Gasteiger charge is -2.25. The van der Waals surface area contributed by atoms with Gasteiger partial charge in [0.1, 0.15) is 0 Å². The highest BCUT2D eigenvalue weighted by atomic mass is 32.2. The SMILES string of the molecule is CCC1([C@H](N)C(=O)N2CCSC2)CC1. The van der Waals surface area contributed by atoms with Gasteiger partial charge >= 0.3 is 0 Å². The maximum absolute atomic E-state index is 12.0. The molecule has 2 rings (SSSR count). The van der Waals surface area contributed by atoms with Crippen LogP contribution in [-0.2, 0) is 4.79 Å². The lowest BCUT2D eigenvalue weighted by Crippen LogP contribution is -2.47. The van der Waals surface area contributed by atoms with Crippen LogP contribution in [-0.4, -0.2) is 35.0 Å². The molecular weight excluding hydrogens is 196 g/mol. The van der Waals surface area contributed by atoms with Crippen molar-refractivity contribution in [1.29, 1.82) is 0 Å². The van der Waals surface area contributed by atoms with Gasteiger partial charge in [0.25, 0.3) is 0 Å². The van der Waals surface area contributed by atoms with Gasteiger partial charge in [-0.2, -0.15) is 0 Å². The van der Waals surface area contributed by atoms with E-state index in [0.29, 0.717) is 0 Å². The Morgan fingerprint density at radius 1 is 1.64 bits per heavy atom. The summed E-state index contributed by atoms with van der Waals surface area (Å²) in [4.78, 5) is 13.9. The molecule has 0 unspecified atom stereocenters. The number of nitrogens with zero attached hydrogens (tertiary/aromatic N) is 1. The number of hydrogen-bond acceptors (Lipinski definition) is 3. The van der Waals surface area contributed by atoms with Crippen LogP contribution in [0.3, 0.4) is 0 Å². The molecule has 1 aliphatic carbocycles. The fourth-order valence-electron chi connectivity index (χ4n) is 2.09.